The highest BCUT2D eigenvalue weighted by Crippen LogP contribution is 2.51. The maximum Gasteiger partial charge on any atom is 0.469 e. The molecule has 47 heavy (non-hydrogen) atoms. The van der Waals surface area contributed by atoms with Crippen LogP contribution in [0.25, 0.3) is 22.3 Å². The van der Waals surface area contributed by atoms with Gasteiger partial charge in [0.25, 0.3) is 5.56 Å². The fraction of sp³-hybridized carbons (Fsp3) is 0.545. The molecule has 23 nitrogen and oxygen atoms in total. The Labute approximate surface area is 261 Å². The third kappa shape index (κ3) is 6.46. The Kier molecular flexibility index (Phi) is 9.04. The Morgan fingerprint density at radius 1 is 0.872 bits per heavy atom. The number of aliphatic hydroxyl groups is 4. The first-order valence-corrected chi connectivity index (χ1v) is 16.9. The van der Waals surface area contributed by atoms with Crippen LogP contribution in [0.5, 0.6) is 0 Å². The number of hydrogen-bond acceptors (Lipinski definition) is 18. The molecule has 2 saturated heterocycles. The summed E-state index contributed by atoms with van der Waals surface area (Å²) in [6, 6.07) is 0. The van der Waals surface area contributed by atoms with Crippen LogP contribution in [0.2, 0.25) is 0 Å². The first kappa shape index (κ1) is 33.6. The van der Waals surface area contributed by atoms with Gasteiger partial charge in [0.1, 0.15) is 60.5 Å². The number of H-pyrrole nitrogens is 1. The monoisotopic (exact) mass is 705 g/mol. The minimum Gasteiger partial charge on any atom is -0.387 e. The van der Waals surface area contributed by atoms with Gasteiger partial charge in [0.05, 0.1) is 25.9 Å². The number of phosphoric acid groups is 1. The molecule has 2 fully saturated rings. The summed E-state index contributed by atoms with van der Waals surface area (Å²) in [5, 5.41) is 42.3. The van der Waals surface area contributed by atoms with E-state index in [1.807, 2.05) is 0 Å². The third-order valence-electron chi connectivity index (χ3n) is 7.56. The normalized spacial score (nSPS) is 29.6. The number of nitrogen functional groups attached to an aromatic ring is 1. The van der Waals surface area contributed by atoms with Gasteiger partial charge in [0.15, 0.2) is 35.1 Å². The topological polar surface area (TPSA) is 335 Å². The van der Waals surface area contributed by atoms with Crippen molar-refractivity contribution < 1.29 is 62.4 Å². The smallest absolute Gasteiger partial charge is 0.387 e. The SMILES string of the molecule is COP(=O)(Cc1nc2c(ncn2[C@@H]2O[C@H](COP(=O)(O)O)[C@@H](O)[C@H]2O)c(=O)[nH]1)OC[C@H]1O[C@@H](n2cnc3c(N)ncnc32)[C@H](O)[C@@H]1O. The number of anilines is 1. The zero-order valence-corrected chi connectivity index (χ0v) is 25.8. The molecule has 0 saturated carbocycles. The first-order valence-electron chi connectivity index (χ1n) is 13.6. The number of phosphoric ester groups is 1. The molecule has 9 atom stereocenters. The van der Waals surface area contributed by atoms with Crippen LogP contribution in [0.1, 0.15) is 18.3 Å². The van der Waals surface area contributed by atoms with Gasteiger partial charge in [0.2, 0.25) is 0 Å². The Balaban J connectivity index is 1.17. The molecule has 0 amide bonds. The van der Waals surface area contributed by atoms with Crippen molar-refractivity contribution in [3.05, 3.63) is 35.2 Å². The van der Waals surface area contributed by atoms with E-state index in [0.29, 0.717) is 0 Å². The number of aliphatic hydroxyl groups excluding tert-OH is 4. The minimum absolute atomic E-state index is 0.0945. The van der Waals surface area contributed by atoms with Crippen LogP contribution < -0.4 is 11.3 Å². The summed E-state index contributed by atoms with van der Waals surface area (Å²) in [5.74, 6) is -0.117. The molecule has 0 aromatic carbocycles. The molecule has 2 aliphatic rings. The lowest BCUT2D eigenvalue weighted by Gasteiger charge is -2.20. The molecule has 2 aliphatic heterocycles. The molecule has 4 aromatic rings. The van der Waals surface area contributed by atoms with Crippen LogP contribution in [-0.2, 0) is 38.3 Å². The number of imidazole rings is 2. The third-order valence-corrected chi connectivity index (χ3v) is 9.83. The minimum atomic E-state index is -4.91. The number of ether oxygens (including phenoxy) is 2. The molecule has 0 aliphatic carbocycles. The molecule has 0 bridgehead atoms. The van der Waals surface area contributed by atoms with Gasteiger partial charge in [-0.15, -0.1) is 0 Å². The fourth-order valence-corrected chi connectivity index (χ4v) is 6.74. The number of nitrogens with one attached hydrogen (secondary N) is 1. The van der Waals surface area contributed by atoms with Crippen molar-refractivity contribution >= 4 is 43.6 Å². The fourth-order valence-electron chi connectivity index (χ4n) is 5.19. The van der Waals surface area contributed by atoms with E-state index >= 15 is 0 Å². The molecule has 1 unspecified atom stereocenters. The van der Waals surface area contributed by atoms with E-state index in [1.54, 1.807) is 0 Å². The van der Waals surface area contributed by atoms with Crippen molar-refractivity contribution in [1.82, 2.24) is 39.0 Å². The maximum atomic E-state index is 13.6. The van der Waals surface area contributed by atoms with Crippen LogP contribution in [0.3, 0.4) is 0 Å². The van der Waals surface area contributed by atoms with Crippen LogP contribution in [-0.4, -0.2) is 126 Å². The lowest BCUT2D eigenvalue weighted by molar-refractivity contribution is -0.0504. The van der Waals surface area contributed by atoms with E-state index in [-0.39, 0.29) is 34.0 Å². The van der Waals surface area contributed by atoms with E-state index in [4.69, 9.17) is 34.0 Å². The predicted molar refractivity (Wildman–Crippen MR) is 152 cm³/mol. The number of hydrogen-bond donors (Lipinski definition) is 8. The van der Waals surface area contributed by atoms with Gasteiger partial charge in [-0.05, 0) is 0 Å². The van der Waals surface area contributed by atoms with Crippen molar-refractivity contribution in [2.45, 2.75) is 55.2 Å². The van der Waals surface area contributed by atoms with Gasteiger partial charge in [0, 0.05) is 7.11 Å². The van der Waals surface area contributed by atoms with Gasteiger partial charge in [-0.25, -0.2) is 29.5 Å². The molecular weight excluding hydrogens is 676 g/mol. The molecule has 9 N–H and O–H groups in total. The number of aromatic nitrogens is 8. The average molecular weight is 705 g/mol. The van der Waals surface area contributed by atoms with E-state index in [9.17, 15) is 34.4 Å². The van der Waals surface area contributed by atoms with Crippen molar-refractivity contribution in [3.63, 3.8) is 0 Å². The van der Waals surface area contributed by atoms with Crippen LogP contribution in [0.15, 0.2) is 23.8 Å². The van der Waals surface area contributed by atoms with E-state index in [0.717, 1.165) is 18.0 Å². The predicted octanol–water partition coefficient (Wildman–Crippen LogP) is -2.75. The second-order valence-electron chi connectivity index (χ2n) is 10.5. The molecule has 6 rings (SSSR count). The summed E-state index contributed by atoms with van der Waals surface area (Å²) in [6.45, 7) is -1.30. The second-order valence-corrected chi connectivity index (χ2v) is 13.9. The Bertz CT molecular complexity index is 1930. The van der Waals surface area contributed by atoms with Gasteiger partial charge >= 0.3 is 15.4 Å². The van der Waals surface area contributed by atoms with E-state index < -0.39 is 89.4 Å². The number of fused-ring (bicyclic) bond motifs is 2. The molecule has 6 heterocycles. The molecule has 25 heteroatoms. The second kappa shape index (κ2) is 12.6. The zero-order valence-electron chi connectivity index (χ0n) is 24.0. The Morgan fingerprint density at radius 3 is 2.04 bits per heavy atom. The molecule has 0 spiro atoms. The number of nitrogens with two attached hydrogens (primary N) is 1. The average Bonchev–Trinajstić information content (AvgIpc) is 3.77. The molecule has 0 radical (unpaired) electrons. The summed E-state index contributed by atoms with van der Waals surface area (Å²) in [5.41, 5.74) is 5.13. The van der Waals surface area contributed by atoms with Gasteiger partial charge in [-0.1, -0.05) is 0 Å². The number of rotatable bonds is 11. The summed E-state index contributed by atoms with van der Waals surface area (Å²) in [6.07, 6.45) is -8.46. The molecule has 4 aromatic heterocycles. The van der Waals surface area contributed by atoms with Crippen molar-refractivity contribution in [1.29, 1.82) is 0 Å². The number of nitrogens with zero attached hydrogens (tertiary/aromatic N) is 7. The molecule has 256 valence electrons. The van der Waals surface area contributed by atoms with Crippen molar-refractivity contribution in [2.75, 3.05) is 26.1 Å². The quantitative estimate of drug-likeness (QED) is 0.0733. The van der Waals surface area contributed by atoms with Crippen LogP contribution in [0.4, 0.5) is 5.82 Å². The zero-order chi connectivity index (χ0) is 33.8. The highest BCUT2D eigenvalue weighted by molar-refractivity contribution is 7.52. The Morgan fingerprint density at radius 2 is 1.45 bits per heavy atom. The largest absolute Gasteiger partial charge is 0.469 e. The molecular formula is C22H29N9O14P2. The first-order chi connectivity index (χ1) is 22.2. The highest BCUT2D eigenvalue weighted by Gasteiger charge is 2.47. The lowest BCUT2D eigenvalue weighted by Crippen LogP contribution is -2.33. The van der Waals surface area contributed by atoms with Gasteiger partial charge in [-0.3, -0.25) is 23.0 Å². The summed E-state index contributed by atoms with van der Waals surface area (Å²) in [7, 11) is -7.96. The summed E-state index contributed by atoms with van der Waals surface area (Å²) >= 11 is 0. The highest BCUT2D eigenvalue weighted by atomic mass is 31.2. The summed E-state index contributed by atoms with van der Waals surface area (Å²) < 4.78 is 53.5. The van der Waals surface area contributed by atoms with E-state index in [1.165, 1.54) is 17.2 Å². The van der Waals surface area contributed by atoms with Crippen LogP contribution >= 0.6 is 15.4 Å². The van der Waals surface area contributed by atoms with Crippen LogP contribution in [0, 0.1) is 0 Å². The summed E-state index contributed by atoms with van der Waals surface area (Å²) in [4.78, 5) is 53.4. The maximum absolute atomic E-state index is 13.6. The van der Waals surface area contributed by atoms with Crippen molar-refractivity contribution in [2.24, 2.45) is 0 Å². The van der Waals surface area contributed by atoms with Gasteiger partial charge < -0.3 is 59.5 Å². The Hall–Kier alpha value is -3.28. The van der Waals surface area contributed by atoms with Crippen molar-refractivity contribution in [3.8, 4) is 0 Å². The van der Waals surface area contributed by atoms with Gasteiger partial charge in [-0.2, -0.15) is 0 Å². The lowest BCUT2D eigenvalue weighted by atomic mass is 10.1. The standard InChI is InChI=1S/C22H29N9O14P2/c1-41-46(37,42-2-8-13(32)15(34)21(44-8)30-6-26-11-17(23)24-5-25-18(11)30)4-10-28-19-12(20(36)29-10)27-7-31(19)22-16(35)14(33)9(45-22)3-43-47(38,39)40/h5-9,13-16,21-22,32-35H,2-4H2,1H3,(H2,23,24,25)(H,28,29,36)(H2,38,39,40)/t8-,9-,13-,14-,15-,16-,21-,22-,46?/m1/s1. The number of aromatic amines is 1. The van der Waals surface area contributed by atoms with E-state index in [2.05, 4.69) is 34.4 Å².